The third kappa shape index (κ3) is 2.09. The molecule has 1 aromatic heterocycles. The summed E-state index contributed by atoms with van der Waals surface area (Å²) < 4.78 is 1.84. The molecule has 0 saturated heterocycles. The van der Waals surface area contributed by atoms with Gasteiger partial charge in [0, 0.05) is 5.56 Å². The molecule has 0 aliphatic heterocycles. The van der Waals surface area contributed by atoms with Crippen molar-refractivity contribution in [3.63, 3.8) is 0 Å². The van der Waals surface area contributed by atoms with Crippen LogP contribution >= 0.6 is 11.6 Å². The molecule has 0 unspecified atom stereocenters. The van der Waals surface area contributed by atoms with Crippen LogP contribution in [-0.4, -0.2) is 9.78 Å². The van der Waals surface area contributed by atoms with E-state index in [2.05, 4.69) is 44.1 Å². The molecule has 2 aromatic rings. The van der Waals surface area contributed by atoms with Gasteiger partial charge in [0.2, 0.25) is 0 Å². The zero-order valence-electron chi connectivity index (χ0n) is 10.7. The maximum Gasteiger partial charge on any atom is 0.136 e. The van der Waals surface area contributed by atoms with E-state index in [1.165, 1.54) is 11.1 Å². The van der Waals surface area contributed by atoms with Crippen LogP contribution in [0.25, 0.3) is 5.69 Å². The molecular formula is C14H17ClN2. The van der Waals surface area contributed by atoms with E-state index in [-0.39, 0.29) is 0 Å². The minimum Gasteiger partial charge on any atom is -0.221 e. The largest absolute Gasteiger partial charge is 0.221 e. The van der Waals surface area contributed by atoms with E-state index in [9.17, 15) is 0 Å². The van der Waals surface area contributed by atoms with Gasteiger partial charge in [-0.1, -0.05) is 36.2 Å². The van der Waals surface area contributed by atoms with E-state index < -0.39 is 0 Å². The first-order valence-corrected chi connectivity index (χ1v) is 6.24. The Morgan fingerprint density at radius 3 is 2.47 bits per heavy atom. The molecule has 2 nitrogen and oxygen atoms in total. The van der Waals surface area contributed by atoms with Gasteiger partial charge in [0.15, 0.2) is 0 Å². The molecule has 0 radical (unpaired) electrons. The normalized spacial score (nSPS) is 10.9. The van der Waals surface area contributed by atoms with Crippen LogP contribution in [0.2, 0.25) is 5.15 Å². The minimum atomic E-state index is 0.733. The van der Waals surface area contributed by atoms with Crippen LogP contribution < -0.4 is 0 Å². The number of aryl methyl sites for hydroxylation is 3. The van der Waals surface area contributed by atoms with Gasteiger partial charge < -0.3 is 0 Å². The molecule has 90 valence electrons. The van der Waals surface area contributed by atoms with Gasteiger partial charge in [-0.2, -0.15) is 5.10 Å². The molecule has 0 bridgehead atoms. The van der Waals surface area contributed by atoms with Crippen molar-refractivity contribution >= 4 is 11.6 Å². The highest BCUT2D eigenvalue weighted by Crippen LogP contribution is 2.25. The van der Waals surface area contributed by atoms with Gasteiger partial charge >= 0.3 is 0 Å². The summed E-state index contributed by atoms with van der Waals surface area (Å²) in [4.78, 5) is 0. The molecule has 0 spiro atoms. The second-order valence-corrected chi connectivity index (χ2v) is 4.77. The summed E-state index contributed by atoms with van der Waals surface area (Å²) in [5.74, 6) is 0. The molecule has 0 fully saturated rings. The van der Waals surface area contributed by atoms with Crippen molar-refractivity contribution in [1.82, 2.24) is 9.78 Å². The van der Waals surface area contributed by atoms with Gasteiger partial charge in [-0.3, -0.25) is 0 Å². The Hall–Kier alpha value is -1.28. The molecule has 0 N–H and O–H groups in total. The third-order valence-corrected chi connectivity index (χ3v) is 3.44. The zero-order chi connectivity index (χ0) is 12.6. The van der Waals surface area contributed by atoms with Crippen LogP contribution in [0.5, 0.6) is 0 Å². The van der Waals surface area contributed by atoms with Gasteiger partial charge in [-0.05, 0) is 38.8 Å². The van der Waals surface area contributed by atoms with Gasteiger partial charge in [0.1, 0.15) is 5.15 Å². The Labute approximate surface area is 107 Å². The average Bonchev–Trinajstić information content (AvgIpc) is 2.54. The molecule has 0 atom stereocenters. The molecule has 17 heavy (non-hydrogen) atoms. The predicted octanol–water partition coefficient (Wildman–Crippen LogP) is 4.01. The van der Waals surface area contributed by atoms with E-state index in [1.807, 2.05) is 11.6 Å². The van der Waals surface area contributed by atoms with E-state index >= 15 is 0 Å². The molecule has 3 heteroatoms. The maximum atomic E-state index is 6.38. The monoisotopic (exact) mass is 248 g/mol. The van der Waals surface area contributed by atoms with Gasteiger partial charge in [0.05, 0.1) is 11.4 Å². The highest BCUT2D eigenvalue weighted by Gasteiger charge is 2.14. The minimum absolute atomic E-state index is 0.733. The Bertz CT molecular complexity index is 556. The first-order valence-electron chi connectivity index (χ1n) is 5.86. The number of halogens is 1. The van der Waals surface area contributed by atoms with Crippen LogP contribution in [0.4, 0.5) is 0 Å². The van der Waals surface area contributed by atoms with Crippen molar-refractivity contribution in [2.75, 3.05) is 0 Å². The van der Waals surface area contributed by atoms with Crippen molar-refractivity contribution in [2.24, 2.45) is 0 Å². The second kappa shape index (κ2) is 4.53. The number of rotatable bonds is 2. The lowest BCUT2D eigenvalue weighted by Crippen LogP contribution is -1.99. The fraction of sp³-hybridized carbons (Fsp3) is 0.357. The summed E-state index contributed by atoms with van der Waals surface area (Å²) in [6, 6.07) is 6.30. The van der Waals surface area contributed by atoms with Crippen LogP contribution in [0.15, 0.2) is 18.2 Å². The van der Waals surface area contributed by atoms with E-state index in [0.717, 1.165) is 28.5 Å². The van der Waals surface area contributed by atoms with Crippen molar-refractivity contribution < 1.29 is 0 Å². The first kappa shape index (κ1) is 12.2. The summed E-state index contributed by atoms with van der Waals surface area (Å²) >= 11 is 6.38. The molecular weight excluding hydrogens is 232 g/mol. The quantitative estimate of drug-likeness (QED) is 0.785. The molecule has 1 heterocycles. The van der Waals surface area contributed by atoms with E-state index in [0.29, 0.717) is 0 Å². The number of aromatic nitrogens is 2. The lowest BCUT2D eigenvalue weighted by Gasteiger charge is -2.08. The van der Waals surface area contributed by atoms with Crippen LogP contribution in [0.3, 0.4) is 0 Å². The van der Waals surface area contributed by atoms with Crippen molar-refractivity contribution in [3.05, 3.63) is 45.7 Å². The summed E-state index contributed by atoms with van der Waals surface area (Å²) in [6.07, 6.45) is 0.912. The Balaban J connectivity index is 2.61. The van der Waals surface area contributed by atoms with Gasteiger partial charge in [-0.25, -0.2) is 4.68 Å². The van der Waals surface area contributed by atoms with E-state index in [4.69, 9.17) is 11.6 Å². The number of benzene rings is 1. The third-order valence-electron chi connectivity index (χ3n) is 3.06. The highest BCUT2D eigenvalue weighted by molar-refractivity contribution is 6.30. The molecule has 2 rings (SSSR count). The summed E-state index contributed by atoms with van der Waals surface area (Å²) in [5.41, 5.74) is 5.64. The van der Waals surface area contributed by atoms with Crippen molar-refractivity contribution in [1.29, 1.82) is 0 Å². The van der Waals surface area contributed by atoms with Crippen molar-refractivity contribution in [3.8, 4) is 5.69 Å². The van der Waals surface area contributed by atoms with Crippen LogP contribution in [-0.2, 0) is 6.42 Å². The number of nitrogens with zero attached hydrogens (tertiary/aromatic N) is 2. The van der Waals surface area contributed by atoms with Crippen molar-refractivity contribution in [2.45, 2.75) is 34.1 Å². The maximum absolute atomic E-state index is 6.38. The van der Waals surface area contributed by atoms with Gasteiger partial charge in [-0.15, -0.1) is 0 Å². The molecule has 0 amide bonds. The topological polar surface area (TPSA) is 17.8 Å². The first-order chi connectivity index (χ1) is 8.04. The lowest BCUT2D eigenvalue weighted by molar-refractivity contribution is 0.856. The molecule has 0 aliphatic carbocycles. The number of hydrogen-bond acceptors (Lipinski definition) is 1. The summed E-state index contributed by atoms with van der Waals surface area (Å²) in [7, 11) is 0. The summed E-state index contributed by atoms with van der Waals surface area (Å²) in [6.45, 7) is 8.28. The average molecular weight is 249 g/mol. The predicted molar refractivity (Wildman–Crippen MR) is 72.2 cm³/mol. The number of hydrogen-bond donors (Lipinski definition) is 0. The summed E-state index contributed by atoms with van der Waals surface area (Å²) in [5, 5.41) is 5.26. The Kier molecular flexibility index (Phi) is 3.25. The standard InChI is InChI=1S/C14H17ClN2/c1-5-12-11(4)16-17(14(12)15)13-7-6-9(2)8-10(13)3/h6-8H,5H2,1-4H3. The Morgan fingerprint density at radius 2 is 1.94 bits per heavy atom. The molecule has 0 saturated carbocycles. The molecule has 0 aliphatic rings. The van der Waals surface area contributed by atoms with E-state index in [1.54, 1.807) is 0 Å². The van der Waals surface area contributed by atoms with Crippen LogP contribution in [0.1, 0.15) is 29.3 Å². The fourth-order valence-electron chi connectivity index (χ4n) is 2.14. The smallest absolute Gasteiger partial charge is 0.136 e. The fourth-order valence-corrected chi connectivity index (χ4v) is 2.53. The van der Waals surface area contributed by atoms with Gasteiger partial charge in [0.25, 0.3) is 0 Å². The molecule has 1 aromatic carbocycles. The lowest BCUT2D eigenvalue weighted by atomic mass is 10.1. The zero-order valence-corrected chi connectivity index (χ0v) is 11.5. The SMILES string of the molecule is CCc1c(C)nn(-c2ccc(C)cc2C)c1Cl. The Morgan fingerprint density at radius 1 is 1.24 bits per heavy atom. The highest BCUT2D eigenvalue weighted by atomic mass is 35.5. The van der Waals surface area contributed by atoms with Crippen LogP contribution in [0, 0.1) is 20.8 Å². The second-order valence-electron chi connectivity index (χ2n) is 4.41.